The molecule has 0 bridgehead atoms. The molecule has 6 nitrogen and oxygen atoms in total. The molecule has 0 aliphatic carbocycles. The number of aromatic nitrogens is 1. The van der Waals surface area contributed by atoms with Crippen LogP contribution in [0.5, 0.6) is 5.75 Å². The van der Waals surface area contributed by atoms with Crippen molar-refractivity contribution in [2.75, 3.05) is 11.9 Å². The molecule has 0 aliphatic heterocycles. The highest BCUT2D eigenvalue weighted by Gasteiger charge is 2.18. The van der Waals surface area contributed by atoms with Crippen LogP contribution in [0.3, 0.4) is 0 Å². The van der Waals surface area contributed by atoms with Crippen LogP contribution in [0, 0.1) is 0 Å². The SMILES string of the molecule is CCCOc1ccc(-c2csc(NC(=O)c3ccc(C(=O)C(=O)c4ccccc4)cc3)n2)cc1. The number of thiazole rings is 1. The summed E-state index contributed by atoms with van der Waals surface area (Å²) in [6, 6.07) is 22.0. The van der Waals surface area contributed by atoms with Crippen molar-refractivity contribution in [2.24, 2.45) is 0 Å². The van der Waals surface area contributed by atoms with Crippen LogP contribution in [0.4, 0.5) is 5.13 Å². The second kappa shape index (κ2) is 10.7. The van der Waals surface area contributed by atoms with Crippen LogP contribution in [0.15, 0.2) is 84.2 Å². The van der Waals surface area contributed by atoms with Crippen LogP contribution < -0.4 is 10.1 Å². The number of ether oxygens (including phenoxy) is 1. The number of anilines is 1. The van der Waals surface area contributed by atoms with E-state index in [1.807, 2.05) is 29.6 Å². The zero-order chi connectivity index (χ0) is 23.9. The van der Waals surface area contributed by atoms with Crippen LogP contribution in [0.2, 0.25) is 0 Å². The minimum atomic E-state index is -0.617. The van der Waals surface area contributed by atoms with Crippen LogP contribution >= 0.6 is 11.3 Å². The number of rotatable bonds is 9. The Morgan fingerprint density at radius 3 is 2.09 bits per heavy atom. The summed E-state index contributed by atoms with van der Waals surface area (Å²) in [4.78, 5) is 41.9. The molecule has 1 amide bonds. The maximum atomic E-state index is 12.6. The number of hydrogen-bond acceptors (Lipinski definition) is 6. The quantitative estimate of drug-likeness (QED) is 0.243. The van der Waals surface area contributed by atoms with Gasteiger partial charge in [-0.3, -0.25) is 19.7 Å². The summed E-state index contributed by atoms with van der Waals surface area (Å²) in [6.45, 7) is 2.73. The molecule has 7 heteroatoms. The first-order valence-corrected chi connectivity index (χ1v) is 11.7. The van der Waals surface area contributed by atoms with E-state index in [-0.39, 0.29) is 11.5 Å². The lowest BCUT2D eigenvalue weighted by atomic mass is 10.0. The van der Waals surface area contributed by atoms with Gasteiger partial charge in [0.25, 0.3) is 5.91 Å². The number of Topliss-reactive ketones (excluding diaryl/α,β-unsaturated/α-hetero) is 2. The first-order valence-electron chi connectivity index (χ1n) is 10.8. The first-order chi connectivity index (χ1) is 16.5. The lowest BCUT2D eigenvalue weighted by molar-refractivity contribution is 0.0817. The van der Waals surface area contributed by atoms with Crippen LogP contribution in [0.25, 0.3) is 11.3 Å². The molecule has 34 heavy (non-hydrogen) atoms. The van der Waals surface area contributed by atoms with Gasteiger partial charge in [0.05, 0.1) is 12.3 Å². The third-order valence-corrected chi connectivity index (χ3v) is 5.76. The number of ketones is 2. The molecule has 1 heterocycles. The Labute approximate surface area is 201 Å². The topological polar surface area (TPSA) is 85.4 Å². The third-order valence-electron chi connectivity index (χ3n) is 5.00. The Morgan fingerprint density at radius 1 is 0.824 bits per heavy atom. The highest BCUT2D eigenvalue weighted by Crippen LogP contribution is 2.27. The summed E-state index contributed by atoms with van der Waals surface area (Å²) >= 11 is 1.32. The van der Waals surface area contributed by atoms with E-state index >= 15 is 0 Å². The van der Waals surface area contributed by atoms with Gasteiger partial charge in [-0.1, -0.05) is 49.4 Å². The monoisotopic (exact) mass is 470 g/mol. The predicted molar refractivity (Wildman–Crippen MR) is 133 cm³/mol. The smallest absolute Gasteiger partial charge is 0.257 e. The lowest BCUT2D eigenvalue weighted by Gasteiger charge is -2.05. The Kier molecular flexibility index (Phi) is 7.25. The first kappa shape index (κ1) is 23.1. The number of nitrogens with zero attached hydrogens (tertiary/aromatic N) is 1. The van der Waals surface area contributed by atoms with Crippen molar-refractivity contribution in [3.8, 4) is 17.0 Å². The van der Waals surface area contributed by atoms with Gasteiger partial charge >= 0.3 is 0 Å². The number of amides is 1. The maximum absolute atomic E-state index is 12.6. The fraction of sp³-hybridized carbons (Fsp3) is 0.111. The zero-order valence-electron chi connectivity index (χ0n) is 18.5. The average Bonchev–Trinajstić information content (AvgIpc) is 3.36. The molecule has 0 saturated carbocycles. The van der Waals surface area contributed by atoms with E-state index in [1.54, 1.807) is 30.3 Å². The molecular formula is C27H22N2O4S. The van der Waals surface area contributed by atoms with Gasteiger partial charge in [-0.2, -0.15) is 0 Å². The summed E-state index contributed by atoms with van der Waals surface area (Å²) < 4.78 is 5.60. The number of benzene rings is 3. The highest BCUT2D eigenvalue weighted by molar-refractivity contribution is 7.14. The number of carbonyl (C=O) groups excluding carboxylic acids is 3. The molecule has 4 aromatic rings. The van der Waals surface area contributed by atoms with E-state index in [0.717, 1.165) is 23.4 Å². The Morgan fingerprint density at radius 2 is 1.44 bits per heavy atom. The Hall–Kier alpha value is -4.10. The van der Waals surface area contributed by atoms with E-state index in [0.29, 0.717) is 22.9 Å². The van der Waals surface area contributed by atoms with E-state index < -0.39 is 11.6 Å². The summed E-state index contributed by atoms with van der Waals surface area (Å²) in [6.07, 6.45) is 0.946. The standard InChI is InChI=1S/C27H22N2O4S/c1-2-16-33-22-14-12-18(13-15-22)23-17-34-27(28-23)29-26(32)21-10-8-20(9-11-21)25(31)24(30)19-6-4-3-5-7-19/h3-15,17H,2,16H2,1H3,(H,28,29,32). The van der Waals surface area contributed by atoms with E-state index in [9.17, 15) is 14.4 Å². The van der Waals surface area contributed by atoms with Crippen molar-refractivity contribution in [1.29, 1.82) is 0 Å². The Bertz CT molecular complexity index is 1300. The third kappa shape index (κ3) is 5.44. The van der Waals surface area contributed by atoms with Gasteiger partial charge in [0.2, 0.25) is 11.6 Å². The summed E-state index contributed by atoms with van der Waals surface area (Å²) in [5, 5.41) is 5.11. The molecule has 1 aromatic heterocycles. The fourth-order valence-corrected chi connectivity index (χ4v) is 3.91. The minimum absolute atomic E-state index is 0.230. The summed E-state index contributed by atoms with van der Waals surface area (Å²) in [7, 11) is 0. The van der Waals surface area contributed by atoms with Gasteiger partial charge in [0, 0.05) is 27.6 Å². The number of hydrogen-bond donors (Lipinski definition) is 1. The van der Waals surface area contributed by atoms with Crippen LogP contribution in [-0.2, 0) is 0 Å². The van der Waals surface area contributed by atoms with Gasteiger partial charge < -0.3 is 4.74 Å². The second-order valence-electron chi connectivity index (χ2n) is 7.47. The van der Waals surface area contributed by atoms with Gasteiger partial charge in [-0.05, 0) is 42.8 Å². The van der Waals surface area contributed by atoms with E-state index in [1.165, 1.54) is 35.6 Å². The van der Waals surface area contributed by atoms with Gasteiger partial charge in [-0.25, -0.2) is 4.98 Å². The predicted octanol–water partition coefficient (Wildman–Crippen LogP) is 5.92. The molecular weight excluding hydrogens is 448 g/mol. The molecule has 0 spiro atoms. The minimum Gasteiger partial charge on any atom is -0.494 e. The van der Waals surface area contributed by atoms with Gasteiger partial charge in [0.15, 0.2) is 5.13 Å². The van der Waals surface area contributed by atoms with E-state index in [2.05, 4.69) is 17.2 Å². The highest BCUT2D eigenvalue weighted by atomic mass is 32.1. The Balaban J connectivity index is 1.39. The maximum Gasteiger partial charge on any atom is 0.257 e. The van der Waals surface area contributed by atoms with Crippen LogP contribution in [-0.4, -0.2) is 29.1 Å². The van der Waals surface area contributed by atoms with Crippen molar-refractivity contribution in [1.82, 2.24) is 4.98 Å². The van der Waals surface area contributed by atoms with Crippen molar-refractivity contribution < 1.29 is 19.1 Å². The molecule has 1 N–H and O–H groups in total. The zero-order valence-corrected chi connectivity index (χ0v) is 19.3. The molecule has 4 rings (SSSR count). The van der Waals surface area contributed by atoms with Crippen molar-refractivity contribution >= 4 is 33.9 Å². The summed E-state index contributed by atoms with van der Waals surface area (Å²) in [5.74, 6) is -0.744. The largest absolute Gasteiger partial charge is 0.494 e. The molecule has 0 unspecified atom stereocenters. The average molecular weight is 471 g/mol. The summed E-state index contributed by atoms with van der Waals surface area (Å²) in [5.41, 5.74) is 2.59. The molecule has 0 atom stereocenters. The number of nitrogens with one attached hydrogen (secondary N) is 1. The normalized spacial score (nSPS) is 10.5. The van der Waals surface area contributed by atoms with Crippen molar-refractivity contribution in [2.45, 2.75) is 13.3 Å². The molecule has 0 radical (unpaired) electrons. The van der Waals surface area contributed by atoms with Gasteiger partial charge in [0.1, 0.15) is 5.75 Å². The fourth-order valence-electron chi connectivity index (χ4n) is 3.20. The molecule has 3 aromatic carbocycles. The van der Waals surface area contributed by atoms with Crippen molar-refractivity contribution in [3.05, 3.63) is 101 Å². The lowest BCUT2D eigenvalue weighted by Crippen LogP contribution is -2.15. The number of carbonyl (C=O) groups is 3. The van der Waals surface area contributed by atoms with Crippen molar-refractivity contribution in [3.63, 3.8) is 0 Å². The van der Waals surface area contributed by atoms with Crippen LogP contribution in [0.1, 0.15) is 44.4 Å². The van der Waals surface area contributed by atoms with Gasteiger partial charge in [-0.15, -0.1) is 11.3 Å². The molecule has 0 fully saturated rings. The van der Waals surface area contributed by atoms with E-state index in [4.69, 9.17) is 4.74 Å². The molecule has 0 aliphatic rings. The molecule has 170 valence electrons. The second-order valence-corrected chi connectivity index (χ2v) is 8.32. The molecule has 0 saturated heterocycles.